The predicted molar refractivity (Wildman–Crippen MR) is 64.8 cm³/mol. The molecule has 0 bridgehead atoms. The van der Waals surface area contributed by atoms with Crippen LogP contribution in [0.25, 0.3) is 0 Å². The minimum Gasteiger partial charge on any atom is -0.369 e. The highest BCUT2D eigenvalue weighted by Crippen LogP contribution is 2.10. The normalized spacial score (nSPS) is 11.3. The Morgan fingerprint density at radius 3 is 2.73 bits per heavy atom. The second-order valence-electron chi connectivity index (χ2n) is 3.02. The lowest BCUT2D eigenvalue weighted by molar-refractivity contribution is 0.597. The summed E-state index contributed by atoms with van der Waals surface area (Å²) in [5.74, 6) is 1.01. The van der Waals surface area contributed by atoms with Crippen LogP contribution in [0.4, 0.5) is 5.82 Å². The molecule has 0 amide bonds. The number of hydrogen-bond acceptors (Lipinski definition) is 4. The maximum Gasteiger partial charge on any atom is 0.151 e. The molecule has 84 valence electrons. The van der Waals surface area contributed by atoms with Crippen molar-refractivity contribution in [2.24, 2.45) is 0 Å². The average Bonchev–Trinajstić information content (AvgIpc) is 2.21. The largest absolute Gasteiger partial charge is 0.369 e. The van der Waals surface area contributed by atoms with Gasteiger partial charge in [-0.15, -0.1) is 0 Å². The summed E-state index contributed by atoms with van der Waals surface area (Å²) in [6.45, 7) is 2.04. The SMILES string of the molecule is CCS(=O)(=O)CCNc1ccc(Br)cn1. The van der Waals surface area contributed by atoms with E-state index < -0.39 is 9.84 Å². The molecule has 0 fully saturated rings. The first kappa shape index (κ1) is 12.4. The molecule has 1 aromatic rings. The summed E-state index contributed by atoms with van der Waals surface area (Å²) in [7, 11) is -2.90. The Morgan fingerprint density at radius 1 is 1.47 bits per heavy atom. The van der Waals surface area contributed by atoms with E-state index in [1.54, 1.807) is 19.2 Å². The Hall–Kier alpha value is -0.620. The van der Waals surface area contributed by atoms with Crippen molar-refractivity contribution in [1.82, 2.24) is 4.98 Å². The summed E-state index contributed by atoms with van der Waals surface area (Å²) in [6, 6.07) is 3.65. The number of halogens is 1. The monoisotopic (exact) mass is 292 g/mol. The van der Waals surface area contributed by atoms with Gasteiger partial charge in [0.1, 0.15) is 5.82 Å². The predicted octanol–water partition coefficient (Wildman–Crippen LogP) is 1.69. The van der Waals surface area contributed by atoms with Gasteiger partial charge < -0.3 is 5.32 Å². The number of pyridine rings is 1. The quantitative estimate of drug-likeness (QED) is 0.897. The average molecular weight is 293 g/mol. The van der Waals surface area contributed by atoms with Crippen LogP contribution in [-0.2, 0) is 9.84 Å². The minimum atomic E-state index is -2.90. The van der Waals surface area contributed by atoms with Crippen LogP contribution in [0, 0.1) is 0 Å². The first-order valence-corrected chi connectivity index (χ1v) is 7.21. The second kappa shape index (κ2) is 5.46. The van der Waals surface area contributed by atoms with Crippen molar-refractivity contribution in [1.29, 1.82) is 0 Å². The molecule has 0 radical (unpaired) electrons. The van der Waals surface area contributed by atoms with E-state index >= 15 is 0 Å². The molecule has 0 aliphatic heterocycles. The molecule has 0 aliphatic carbocycles. The summed E-state index contributed by atoms with van der Waals surface area (Å²) in [5.41, 5.74) is 0. The number of anilines is 1. The first-order chi connectivity index (χ1) is 7.03. The van der Waals surface area contributed by atoms with Gasteiger partial charge in [-0.25, -0.2) is 13.4 Å². The minimum absolute atomic E-state index is 0.140. The standard InChI is InChI=1S/C9H13BrN2O2S/c1-2-15(13,14)6-5-11-9-4-3-8(10)7-12-9/h3-4,7H,2,5-6H2,1H3,(H,11,12). The van der Waals surface area contributed by atoms with E-state index in [0.717, 1.165) is 4.47 Å². The van der Waals surface area contributed by atoms with Gasteiger partial charge in [-0.1, -0.05) is 6.92 Å². The molecule has 0 atom stereocenters. The number of sulfone groups is 1. The van der Waals surface area contributed by atoms with E-state index in [2.05, 4.69) is 26.2 Å². The van der Waals surface area contributed by atoms with Gasteiger partial charge in [0, 0.05) is 23.0 Å². The van der Waals surface area contributed by atoms with Gasteiger partial charge in [-0.05, 0) is 28.1 Å². The molecule has 0 aliphatic rings. The lowest BCUT2D eigenvalue weighted by atomic mass is 10.4. The summed E-state index contributed by atoms with van der Waals surface area (Å²) >= 11 is 3.27. The molecule has 1 heterocycles. The van der Waals surface area contributed by atoms with E-state index in [0.29, 0.717) is 12.4 Å². The summed E-state index contributed by atoms with van der Waals surface area (Å²) in [5, 5.41) is 2.95. The van der Waals surface area contributed by atoms with Crippen molar-refractivity contribution >= 4 is 31.6 Å². The number of hydrogen-bond donors (Lipinski definition) is 1. The fourth-order valence-electron chi connectivity index (χ4n) is 0.959. The van der Waals surface area contributed by atoms with Gasteiger partial charge in [0.15, 0.2) is 9.84 Å². The Morgan fingerprint density at radius 2 is 2.20 bits per heavy atom. The Bertz CT molecular complexity index is 403. The van der Waals surface area contributed by atoms with Crippen molar-refractivity contribution in [2.45, 2.75) is 6.92 Å². The molecule has 0 unspecified atom stereocenters. The summed E-state index contributed by atoms with van der Waals surface area (Å²) < 4.78 is 23.2. The van der Waals surface area contributed by atoms with Crippen molar-refractivity contribution in [3.8, 4) is 0 Å². The molecular formula is C9H13BrN2O2S. The van der Waals surface area contributed by atoms with Crippen LogP contribution in [0.2, 0.25) is 0 Å². The molecule has 0 spiro atoms. The number of aromatic nitrogens is 1. The maximum atomic E-state index is 11.2. The van der Waals surface area contributed by atoms with Gasteiger partial charge >= 0.3 is 0 Å². The fraction of sp³-hybridized carbons (Fsp3) is 0.444. The third kappa shape index (κ3) is 4.61. The van der Waals surface area contributed by atoms with Crippen LogP contribution in [0.3, 0.4) is 0 Å². The molecular weight excluding hydrogens is 280 g/mol. The zero-order valence-electron chi connectivity index (χ0n) is 8.40. The third-order valence-electron chi connectivity index (χ3n) is 1.89. The van der Waals surface area contributed by atoms with Gasteiger partial charge in [0.05, 0.1) is 5.75 Å². The van der Waals surface area contributed by atoms with Crippen molar-refractivity contribution in [3.05, 3.63) is 22.8 Å². The molecule has 4 nitrogen and oxygen atoms in total. The van der Waals surface area contributed by atoms with Crippen molar-refractivity contribution in [2.75, 3.05) is 23.4 Å². The zero-order chi connectivity index (χ0) is 11.3. The maximum absolute atomic E-state index is 11.2. The third-order valence-corrected chi connectivity index (χ3v) is 4.06. The van der Waals surface area contributed by atoms with E-state index in [4.69, 9.17) is 0 Å². The van der Waals surface area contributed by atoms with E-state index in [9.17, 15) is 8.42 Å². The van der Waals surface area contributed by atoms with Crippen LogP contribution in [0.15, 0.2) is 22.8 Å². The van der Waals surface area contributed by atoms with Crippen LogP contribution < -0.4 is 5.32 Å². The molecule has 1 rings (SSSR count). The molecule has 6 heteroatoms. The Balaban J connectivity index is 2.42. The Labute approximate surface area is 98.2 Å². The highest BCUT2D eigenvalue weighted by atomic mass is 79.9. The summed E-state index contributed by atoms with van der Waals surface area (Å²) in [4.78, 5) is 4.07. The molecule has 1 aromatic heterocycles. The van der Waals surface area contributed by atoms with Crippen molar-refractivity contribution < 1.29 is 8.42 Å². The smallest absolute Gasteiger partial charge is 0.151 e. The topological polar surface area (TPSA) is 59.1 Å². The zero-order valence-corrected chi connectivity index (χ0v) is 10.8. The molecule has 0 aromatic carbocycles. The number of nitrogens with one attached hydrogen (secondary N) is 1. The lowest BCUT2D eigenvalue weighted by Gasteiger charge is -2.05. The van der Waals surface area contributed by atoms with Gasteiger partial charge in [0.25, 0.3) is 0 Å². The first-order valence-electron chi connectivity index (χ1n) is 4.59. The lowest BCUT2D eigenvalue weighted by Crippen LogP contribution is -2.17. The highest BCUT2D eigenvalue weighted by molar-refractivity contribution is 9.10. The van der Waals surface area contributed by atoms with E-state index in [1.807, 2.05) is 6.07 Å². The molecule has 15 heavy (non-hydrogen) atoms. The molecule has 1 N–H and O–H groups in total. The van der Waals surface area contributed by atoms with E-state index in [-0.39, 0.29) is 11.5 Å². The van der Waals surface area contributed by atoms with Crippen molar-refractivity contribution in [3.63, 3.8) is 0 Å². The van der Waals surface area contributed by atoms with E-state index in [1.165, 1.54) is 0 Å². The highest BCUT2D eigenvalue weighted by Gasteiger charge is 2.06. The Kier molecular flexibility index (Phi) is 4.53. The molecule has 0 saturated carbocycles. The second-order valence-corrected chi connectivity index (χ2v) is 6.41. The molecule has 0 saturated heterocycles. The van der Waals surface area contributed by atoms with Crippen LogP contribution >= 0.6 is 15.9 Å². The van der Waals surface area contributed by atoms with Crippen LogP contribution in [-0.4, -0.2) is 31.5 Å². The van der Waals surface area contributed by atoms with Gasteiger partial charge in [-0.2, -0.15) is 0 Å². The van der Waals surface area contributed by atoms with Gasteiger partial charge in [-0.3, -0.25) is 0 Å². The van der Waals surface area contributed by atoms with Crippen LogP contribution in [0.1, 0.15) is 6.92 Å². The van der Waals surface area contributed by atoms with Crippen LogP contribution in [0.5, 0.6) is 0 Å². The number of nitrogens with zero attached hydrogens (tertiary/aromatic N) is 1. The van der Waals surface area contributed by atoms with Gasteiger partial charge in [0.2, 0.25) is 0 Å². The summed E-state index contributed by atoms with van der Waals surface area (Å²) in [6.07, 6.45) is 1.66. The fourth-order valence-corrected chi connectivity index (χ4v) is 1.90. The number of rotatable bonds is 5.